The van der Waals surface area contributed by atoms with Crippen molar-refractivity contribution in [1.82, 2.24) is 14.9 Å². The van der Waals surface area contributed by atoms with E-state index in [2.05, 4.69) is 17.3 Å². The van der Waals surface area contributed by atoms with Crippen LogP contribution in [-0.4, -0.2) is 36.1 Å². The average molecular weight is 309 g/mol. The number of nitrogens with one attached hydrogen (secondary N) is 1. The van der Waals surface area contributed by atoms with Crippen molar-refractivity contribution in [3.05, 3.63) is 36.2 Å². The van der Waals surface area contributed by atoms with Gasteiger partial charge in [0, 0.05) is 23.6 Å². The molecule has 0 aromatic carbocycles. The molecule has 2 aromatic rings. The molecule has 0 radical (unpaired) electrons. The zero-order valence-corrected chi connectivity index (χ0v) is 13.4. The predicted molar refractivity (Wildman–Crippen MR) is 85.2 cm³/mol. The molecular formula is C15H23N3O2S. The molecule has 0 aliphatic rings. The lowest BCUT2D eigenvalue weighted by atomic mass is 10.0. The molecule has 116 valence electrons. The molecule has 0 amide bonds. The van der Waals surface area contributed by atoms with Crippen LogP contribution in [0.4, 0.5) is 0 Å². The first kappa shape index (κ1) is 16.0. The van der Waals surface area contributed by atoms with E-state index < -0.39 is 9.84 Å². The van der Waals surface area contributed by atoms with Crippen LogP contribution in [0.3, 0.4) is 0 Å². The lowest BCUT2D eigenvalue weighted by Gasteiger charge is -2.17. The van der Waals surface area contributed by atoms with Gasteiger partial charge in [-0.25, -0.2) is 12.9 Å². The van der Waals surface area contributed by atoms with E-state index in [0.717, 1.165) is 24.0 Å². The topological polar surface area (TPSA) is 63.5 Å². The van der Waals surface area contributed by atoms with Crippen molar-refractivity contribution in [2.45, 2.75) is 32.7 Å². The third kappa shape index (κ3) is 4.04. The van der Waals surface area contributed by atoms with E-state index in [-0.39, 0.29) is 17.5 Å². The summed E-state index contributed by atoms with van der Waals surface area (Å²) in [5.74, 6) is 0.472. The fourth-order valence-electron chi connectivity index (χ4n) is 2.49. The van der Waals surface area contributed by atoms with Gasteiger partial charge in [-0.3, -0.25) is 0 Å². The maximum atomic E-state index is 11.6. The smallest absolute Gasteiger partial charge is 0.150 e. The molecule has 6 heteroatoms. The SMILES string of the molecule is CCNC(CCCS(=O)(=O)CC)c1cnn2ccccc12. The molecule has 0 saturated heterocycles. The number of nitrogens with zero attached hydrogens (tertiary/aromatic N) is 2. The van der Waals surface area contributed by atoms with Gasteiger partial charge in [0.2, 0.25) is 0 Å². The summed E-state index contributed by atoms with van der Waals surface area (Å²) in [6.45, 7) is 4.60. The van der Waals surface area contributed by atoms with Crippen molar-refractivity contribution >= 4 is 15.4 Å². The van der Waals surface area contributed by atoms with Gasteiger partial charge in [-0.05, 0) is 31.5 Å². The first-order valence-electron chi connectivity index (χ1n) is 7.43. The van der Waals surface area contributed by atoms with Crippen molar-refractivity contribution < 1.29 is 8.42 Å². The van der Waals surface area contributed by atoms with E-state index in [1.54, 1.807) is 6.92 Å². The minimum atomic E-state index is -2.89. The van der Waals surface area contributed by atoms with Crippen LogP contribution in [0.1, 0.15) is 38.3 Å². The van der Waals surface area contributed by atoms with E-state index in [1.807, 2.05) is 35.1 Å². The Morgan fingerprint density at radius 1 is 1.33 bits per heavy atom. The maximum absolute atomic E-state index is 11.6. The first-order valence-corrected chi connectivity index (χ1v) is 9.25. The number of hydrogen-bond donors (Lipinski definition) is 1. The normalized spacial score (nSPS) is 13.6. The van der Waals surface area contributed by atoms with Crippen molar-refractivity contribution in [3.63, 3.8) is 0 Å². The van der Waals surface area contributed by atoms with Crippen LogP contribution in [0.15, 0.2) is 30.6 Å². The molecule has 0 bridgehead atoms. The molecule has 2 aromatic heterocycles. The molecule has 0 aliphatic heterocycles. The van der Waals surface area contributed by atoms with Crippen LogP contribution in [0, 0.1) is 0 Å². The Bertz CT molecular complexity index is 679. The lowest BCUT2D eigenvalue weighted by molar-refractivity contribution is 0.509. The van der Waals surface area contributed by atoms with Gasteiger partial charge in [0.05, 0.1) is 17.5 Å². The Labute approximate surface area is 126 Å². The standard InChI is InChI=1S/C15H23N3O2S/c1-3-16-14(8-7-11-21(19,20)4-2)13-12-17-18-10-6-5-9-15(13)18/h5-6,9-10,12,14,16H,3-4,7-8,11H2,1-2H3. The predicted octanol–water partition coefficient (Wildman–Crippen LogP) is 2.20. The Balaban J connectivity index is 2.12. The molecule has 2 heterocycles. The van der Waals surface area contributed by atoms with Crippen molar-refractivity contribution in [2.75, 3.05) is 18.1 Å². The molecule has 1 atom stereocenters. The van der Waals surface area contributed by atoms with Crippen molar-refractivity contribution in [3.8, 4) is 0 Å². The number of sulfone groups is 1. The molecule has 0 fully saturated rings. The summed E-state index contributed by atoms with van der Waals surface area (Å²) in [6.07, 6.45) is 5.25. The minimum Gasteiger partial charge on any atom is -0.310 e. The summed E-state index contributed by atoms with van der Waals surface area (Å²) in [4.78, 5) is 0. The highest BCUT2D eigenvalue weighted by Crippen LogP contribution is 2.23. The van der Waals surface area contributed by atoms with E-state index in [0.29, 0.717) is 6.42 Å². The zero-order valence-electron chi connectivity index (χ0n) is 12.6. The first-order chi connectivity index (χ1) is 10.1. The lowest BCUT2D eigenvalue weighted by Crippen LogP contribution is -2.22. The Morgan fingerprint density at radius 2 is 2.14 bits per heavy atom. The highest BCUT2D eigenvalue weighted by Gasteiger charge is 2.16. The van der Waals surface area contributed by atoms with Crippen LogP contribution < -0.4 is 5.32 Å². The molecular weight excluding hydrogens is 286 g/mol. The molecule has 0 saturated carbocycles. The van der Waals surface area contributed by atoms with Crippen LogP contribution >= 0.6 is 0 Å². The Hall–Kier alpha value is -1.40. The van der Waals surface area contributed by atoms with E-state index in [1.165, 1.54) is 0 Å². The highest BCUT2D eigenvalue weighted by atomic mass is 32.2. The average Bonchev–Trinajstić information content (AvgIpc) is 2.90. The van der Waals surface area contributed by atoms with Crippen LogP contribution in [0.2, 0.25) is 0 Å². The molecule has 2 rings (SSSR count). The number of hydrogen-bond acceptors (Lipinski definition) is 4. The van der Waals surface area contributed by atoms with Gasteiger partial charge >= 0.3 is 0 Å². The Morgan fingerprint density at radius 3 is 2.86 bits per heavy atom. The zero-order chi connectivity index (χ0) is 15.3. The summed E-state index contributed by atoms with van der Waals surface area (Å²) in [6, 6.07) is 6.11. The highest BCUT2D eigenvalue weighted by molar-refractivity contribution is 7.91. The summed E-state index contributed by atoms with van der Waals surface area (Å²) >= 11 is 0. The monoisotopic (exact) mass is 309 g/mol. The molecule has 5 nitrogen and oxygen atoms in total. The van der Waals surface area contributed by atoms with Gasteiger partial charge in [-0.1, -0.05) is 19.9 Å². The number of aromatic nitrogens is 2. The van der Waals surface area contributed by atoms with Crippen molar-refractivity contribution in [2.24, 2.45) is 0 Å². The molecule has 0 spiro atoms. The van der Waals surface area contributed by atoms with Crippen molar-refractivity contribution in [1.29, 1.82) is 0 Å². The van der Waals surface area contributed by atoms with E-state index in [9.17, 15) is 8.42 Å². The number of rotatable bonds is 8. The second kappa shape index (κ2) is 7.04. The second-order valence-electron chi connectivity index (χ2n) is 5.12. The van der Waals surface area contributed by atoms with Gasteiger partial charge in [-0.15, -0.1) is 0 Å². The summed E-state index contributed by atoms with van der Waals surface area (Å²) in [7, 11) is -2.89. The fourth-order valence-corrected chi connectivity index (χ4v) is 3.38. The molecule has 1 unspecified atom stereocenters. The van der Waals surface area contributed by atoms with Gasteiger partial charge in [0.1, 0.15) is 9.84 Å². The van der Waals surface area contributed by atoms with Crippen LogP contribution in [0.5, 0.6) is 0 Å². The van der Waals surface area contributed by atoms with E-state index >= 15 is 0 Å². The second-order valence-corrected chi connectivity index (χ2v) is 7.59. The van der Waals surface area contributed by atoms with Gasteiger partial charge < -0.3 is 5.32 Å². The number of pyridine rings is 1. The van der Waals surface area contributed by atoms with Crippen LogP contribution in [-0.2, 0) is 9.84 Å². The van der Waals surface area contributed by atoms with Gasteiger partial charge in [0.15, 0.2) is 0 Å². The third-order valence-electron chi connectivity index (χ3n) is 3.67. The van der Waals surface area contributed by atoms with Gasteiger partial charge in [0.25, 0.3) is 0 Å². The molecule has 1 N–H and O–H groups in total. The van der Waals surface area contributed by atoms with Gasteiger partial charge in [-0.2, -0.15) is 5.10 Å². The summed E-state index contributed by atoms with van der Waals surface area (Å²) in [5, 5.41) is 7.79. The molecule has 21 heavy (non-hydrogen) atoms. The Kier molecular flexibility index (Phi) is 5.36. The fraction of sp³-hybridized carbons (Fsp3) is 0.533. The largest absolute Gasteiger partial charge is 0.310 e. The maximum Gasteiger partial charge on any atom is 0.150 e. The third-order valence-corrected chi connectivity index (χ3v) is 5.46. The quantitative estimate of drug-likeness (QED) is 0.812. The number of fused-ring (bicyclic) bond motifs is 1. The van der Waals surface area contributed by atoms with Crippen LogP contribution in [0.25, 0.3) is 5.52 Å². The minimum absolute atomic E-state index is 0.141. The summed E-state index contributed by atoms with van der Waals surface area (Å²) in [5.41, 5.74) is 2.20. The van der Waals surface area contributed by atoms with E-state index in [4.69, 9.17) is 0 Å². The molecule has 0 aliphatic carbocycles. The summed E-state index contributed by atoms with van der Waals surface area (Å²) < 4.78 is 25.1.